The number of carbonyl (C=O) groups is 1. The molecule has 0 aliphatic heterocycles. The van der Waals surface area contributed by atoms with E-state index in [1.807, 2.05) is 0 Å². The molecule has 0 aromatic heterocycles. The molecule has 1 N–H and O–H groups in total. The van der Waals surface area contributed by atoms with Crippen LogP contribution in [0.25, 0.3) is 0 Å². The molecule has 0 fully saturated rings. The van der Waals surface area contributed by atoms with Crippen LogP contribution in [0.2, 0.25) is 0 Å². The van der Waals surface area contributed by atoms with Crippen molar-refractivity contribution in [1.29, 1.82) is 0 Å². The molecule has 0 atom stereocenters. The predicted octanol–water partition coefficient (Wildman–Crippen LogP) is 0.673. The Morgan fingerprint density at radius 1 is 1.50 bits per heavy atom. The summed E-state index contributed by atoms with van der Waals surface area (Å²) < 4.78 is 9.31. The van der Waals surface area contributed by atoms with Crippen LogP contribution in [0.4, 0.5) is 0 Å². The summed E-state index contributed by atoms with van der Waals surface area (Å²) in [6.45, 7) is 1.60. The summed E-state index contributed by atoms with van der Waals surface area (Å²) >= 11 is -0.903. The molecule has 10 heavy (non-hydrogen) atoms. The van der Waals surface area contributed by atoms with Gasteiger partial charge in [0.15, 0.2) is 0 Å². The second-order valence-corrected chi connectivity index (χ2v) is 4.36. The zero-order valence-electron chi connectivity index (χ0n) is 6.59. The van der Waals surface area contributed by atoms with Crippen molar-refractivity contribution in [3.63, 3.8) is 0 Å². The Labute approximate surface area is 68.9 Å². The zero-order valence-corrected chi connectivity index (χ0v) is 9.55. The second kappa shape index (κ2) is 11.8. The van der Waals surface area contributed by atoms with Gasteiger partial charge in [-0.1, -0.05) is 6.92 Å². The summed E-state index contributed by atoms with van der Waals surface area (Å²) in [5.74, 6) is -0.745. The molecule has 0 radical (unpaired) electrons. The van der Waals surface area contributed by atoms with Gasteiger partial charge in [0.1, 0.15) is 0 Å². The van der Waals surface area contributed by atoms with E-state index in [2.05, 4.69) is 7.13 Å². The molecule has 0 rings (SSSR count). The van der Waals surface area contributed by atoms with E-state index in [1.54, 1.807) is 21.1 Å². The van der Waals surface area contributed by atoms with E-state index in [4.69, 9.17) is 5.11 Å². The number of carboxylic acids is 1. The van der Waals surface area contributed by atoms with Crippen molar-refractivity contribution in [2.45, 2.75) is 13.3 Å². The first-order valence-corrected chi connectivity index (χ1v) is 5.30. The molecule has 58 valence electrons. The third-order valence-electron chi connectivity index (χ3n) is 0.538. The van der Waals surface area contributed by atoms with Gasteiger partial charge in [0.05, 0.1) is 0 Å². The molecule has 0 saturated carbocycles. The van der Waals surface area contributed by atoms with Gasteiger partial charge >= 0.3 is 45.2 Å². The molecule has 0 bridgehead atoms. The quantitative estimate of drug-likeness (QED) is 0.682. The first-order valence-electron chi connectivity index (χ1n) is 2.88. The normalized spacial score (nSPS) is 7.10. The monoisotopic (exact) mass is 200 g/mol. The summed E-state index contributed by atoms with van der Waals surface area (Å²) in [5.41, 5.74) is 0. The third-order valence-corrected chi connectivity index (χ3v) is 1.53. The van der Waals surface area contributed by atoms with E-state index in [0.29, 0.717) is 0 Å². The van der Waals surface area contributed by atoms with E-state index in [0.717, 1.165) is 0 Å². The van der Waals surface area contributed by atoms with Gasteiger partial charge in [-0.05, 0) is 0 Å². The minimum atomic E-state index is -0.903. The first-order chi connectivity index (χ1) is 4.68. The Hall–Kier alpha value is 0.0134. The maximum absolute atomic E-state index is 9.37. The average Bonchev–Trinajstić information content (AvgIpc) is 1.91. The first kappa shape index (κ1) is 12.7. The standard InChI is InChI=1S/C3H6O2.2CH3O.Zn/c1-2-3(4)5;2*1-2;/h2H2,1H3,(H,4,5);2*1H3;/q;2*-1;+2. The fourth-order valence-corrected chi connectivity index (χ4v) is 0.612. The Balaban J connectivity index is 0. The van der Waals surface area contributed by atoms with Gasteiger partial charge < -0.3 is 5.11 Å². The summed E-state index contributed by atoms with van der Waals surface area (Å²) in [6, 6.07) is 0. The predicted molar refractivity (Wildman–Crippen MR) is 31.9 cm³/mol. The van der Waals surface area contributed by atoms with Gasteiger partial charge in [-0.3, -0.25) is 4.79 Å². The van der Waals surface area contributed by atoms with Crippen molar-refractivity contribution < 1.29 is 34.9 Å². The van der Waals surface area contributed by atoms with E-state index in [-0.39, 0.29) is 6.42 Å². The fraction of sp³-hybridized carbons (Fsp3) is 0.800. The molecular weight excluding hydrogens is 189 g/mol. The number of carboxylic acid groups (broad SMARTS) is 1. The number of rotatable bonds is 3. The van der Waals surface area contributed by atoms with Crippen molar-refractivity contribution in [3.8, 4) is 0 Å². The Kier molecular flexibility index (Phi) is 14.9. The Morgan fingerprint density at radius 2 is 1.80 bits per heavy atom. The Morgan fingerprint density at radius 3 is 1.80 bits per heavy atom. The van der Waals surface area contributed by atoms with Crippen LogP contribution < -0.4 is 0 Å². The average molecular weight is 202 g/mol. The van der Waals surface area contributed by atoms with Crippen LogP contribution in [0, 0.1) is 0 Å². The van der Waals surface area contributed by atoms with Crippen molar-refractivity contribution >= 4 is 5.97 Å². The van der Waals surface area contributed by atoms with E-state index >= 15 is 0 Å². The van der Waals surface area contributed by atoms with Crippen LogP contribution in [-0.2, 0) is 29.8 Å². The fourth-order valence-electron chi connectivity index (χ4n) is 0.118. The maximum atomic E-state index is 9.37. The second-order valence-electron chi connectivity index (χ2n) is 1.44. The van der Waals surface area contributed by atoms with Gasteiger partial charge in [-0.25, -0.2) is 0 Å². The van der Waals surface area contributed by atoms with Gasteiger partial charge in [0.2, 0.25) is 0 Å². The SMILES string of the molecule is CCC(=O)O.C[O][Zn][O]C. The summed E-state index contributed by atoms with van der Waals surface area (Å²) in [6.07, 6.45) is 0.222. The van der Waals surface area contributed by atoms with E-state index in [1.165, 1.54) is 0 Å². The van der Waals surface area contributed by atoms with Crippen molar-refractivity contribution in [3.05, 3.63) is 0 Å². The molecule has 0 unspecified atom stereocenters. The summed E-state index contributed by atoms with van der Waals surface area (Å²) in [5, 5.41) is 7.72. The van der Waals surface area contributed by atoms with Crippen LogP contribution in [0.1, 0.15) is 13.3 Å². The van der Waals surface area contributed by atoms with Crippen LogP contribution in [-0.4, -0.2) is 25.3 Å². The third kappa shape index (κ3) is 24.5. The van der Waals surface area contributed by atoms with Crippen molar-refractivity contribution in [2.75, 3.05) is 14.2 Å². The molecule has 0 aliphatic rings. The van der Waals surface area contributed by atoms with Crippen LogP contribution >= 0.6 is 0 Å². The minimum absolute atomic E-state index is 0.222. The molecule has 5 heteroatoms. The van der Waals surface area contributed by atoms with Crippen molar-refractivity contribution in [1.82, 2.24) is 0 Å². The van der Waals surface area contributed by atoms with E-state index < -0.39 is 23.8 Å². The van der Waals surface area contributed by atoms with Gasteiger partial charge in [0, 0.05) is 6.42 Å². The summed E-state index contributed by atoms with van der Waals surface area (Å²) in [7, 11) is 3.34. The molecule has 0 aliphatic carbocycles. The molecule has 0 aromatic rings. The van der Waals surface area contributed by atoms with Gasteiger partial charge in [0.25, 0.3) is 0 Å². The van der Waals surface area contributed by atoms with Gasteiger partial charge in [-0.2, -0.15) is 0 Å². The molecule has 0 amide bonds. The van der Waals surface area contributed by atoms with Crippen molar-refractivity contribution in [2.24, 2.45) is 0 Å². The van der Waals surface area contributed by atoms with Crippen LogP contribution in [0.15, 0.2) is 0 Å². The molecule has 0 spiro atoms. The van der Waals surface area contributed by atoms with Gasteiger partial charge in [-0.15, -0.1) is 0 Å². The molecule has 4 nitrogen and oxygen atoms in total. The number of hydrogen-bond donors (Lipinski definition) is 1. The number of aliphatic carboxylic acids is 1. The van der Waals surface area contributed by atoms with E-state index in [9.17, 15) is 4.79 Å². The molecule has 0 heterocycles. The molecule has 0 saturated heterocycles. The number of hydrogen-bond acceptors (Lipinski definition) is 3. The molecule has 0 aromatic carbocycles. The van der Waals surface area contributed by atoms with Crippen LogP contribution in [0.3, 0.4) is 0 Å². The zero-order chi connectivity index (χ0) is 8.41. The molecular formula is C5H12O4Zn. The van der Waals surface area contributed by atoms with Crippen LogP contribution in [0.5, 0.6) is 0 Å². The Bertz CT molecular complexity index is 74.0. The topological polar surface area (TPSA) is 55.8 Å². The summed E-state index contributed by atoms with van der Waals surface area (Å²) in [4.78, 5) is 9.37.